The lowest BCUT2D eigenvalue weighted by Gasteiger charge is -2.34. The van der Waals surface area contributed by atoms with Crippen LogP contribution in [-0.2, 0) is 26.3 Å². The first-order valence-electron chi connectivity index (χ1n) is 11.3. The molecule has 0 radical (unpaired) electrons. The maximum absolute atomic E-state index is 13.7. The van der Waals surface area contributed by atoms with E-state index in [1.165, 1.54) is 26.0 Å². The number of benzene rings is 2. The van der Waals surface area contributed by atoms with E-state index >= 15 is 0 Å². The maximum Gasteiger partial charge on any atom is 0.304 e. The lowest BCUT2D eigenvalue weighted by atomic mass is 10.1. The number of aryl methyl sites for hydroxylation is 3. The average molecular weight is 489 g/mol. The van der Waals surface area contributed by atoms with Gasteiger partial charge in [0.1, 0.15) is 12.6 Å². The van der Waals surface area contributed by atoms with Crippen LogP contribution in [0.1, 0.15) is 35.6 Å². The monoisotopic (exact) mass is 488 g/mol. The third-order valence-corrected chi connectivity index (χ3v) is 7.53. The number of amides is 2. The smallest absolute Gasteiger partial charge is 0.304 e. The number of carbonyl (C=O) groups excluding carboxylic acids is 2. The Kier molecular flexibility index (Phi) is 9.23. The summed E-state index contributed by atoms with van der Waals surface area (Å²) < 4.78 is 28.8. The van der Waals surface area contributed by atoms with Crippen molar-refractivity contribution < 1.29 is 18.0 Å². The van der Waals surface area contributed by atoms with E-state index < -0.39 is 28.7 Å². The molecule has 0 unspecified atom stereocenters. The van der Waals surface area contributed by atoms with Gasteiger partial charge in [-0.05, 0) is 49.9 Å². The molecule has 0 spiro atoms. The molecular weight excluding hydrogens is 452 g/mol. The third-order valence-electron chi connectivity index (χ3n) is 5.72. The van der Waals surface area contributed by atoms with Gasteiger partial charge < -0.3 is 10.2 Å². The summed E-state index contributed by atoms with van der Waals surface area (Å²) in [5.74, 6) is -0.749. The molecule has 2 amide bonds. The molecule has 0 fully saturated rings. The molecule has 2 aromatic carbocycles. The highest BCUT2D eigenvalue weighted by atomic mass is 32.2. The molecule has 9 heteroatoms. The number of anilines is 1. The van der Waals surface area contributed by atoms with Gasteiger partial charge in [0.2, 0.25) is 11.8 Å². The zero-order chi connectivity index (χ0) is 25.6. The standard InChI is InChI=1S/C25H36N4O4S/c1-8-22(25(31)26-5)28(16-21-11-9-10-18(2)14-21)24(30)17-29(34(32,33)27(6)7)23-15-19(3)12-13-20(23)4/h9-15,22H,8,16-17H2,1-7H3,(H,26,31)/t22-/m1/s1. The Morgan fingerprint density at radius 3 is 2.21 bits per heavy atom. The molecule has 2 rings (SSSR count). The fourth-order valence-corrected chi connectivity index (χ4v) is 4.90. The van der Waals surface area contributed by atoms with Gasteiger partial charge in [-0.3, -0.25) is 9.59 Å². The van der Waals surface area contributed by atoms with E-state index in [1.807, 2.05) is 57.2 Å². The Morgan fingerprint density at radius 2 is 1.65 bits per heavy atom. The van der Waals surface area contributed by atoms with Gasteiger partial charge in [-0.1, -0.05) is 48.9 Å². The van der Waals surface area contributed by atoms with E-state index in [0.717, 1.165) is 30.9 Å². The van der Waals surface area contributed by atoms with Crippen LogP contribution in [0.15, 0.2) is 42.5 Å². The summed E-state index contributed by atoms with van der Waals surface area (Å²) in [7, 11) is 0.413. The zero-order valence-electron chi connectivity index (χ0n) is 21.1. The van der Waals surface area contributed by atoms with Gasteiger partial charge in [-0.2, -0.15) is 12.7 Å². The number of nitrogens with one attached hydrogen (secondary N) is 1. The van der Waals surface area contributed by atoms with Crippen molar-refractivity contribution >= 4 is 27.7 Å². The van der Waals surface area contributed by atoms with Gasteiger partial charge in [0, 0.05) is 27.7 Å². The van der Waals surface area contributed by atoms with Crippen LogP contribution >= 0.6 is 0 Å². The summed E-state index contributed by atoms with van der Waals surface area (Å²) >= 11 is 0. The van der Waals surface area contributed by atoms with Gasteiger partial charge in [0.15, 0.2) is 0 Å². The zero-order valence-corrected chi connectivity index (χ0v) is 21.9. The van der Waals surface area contributed by atoms with Gasteiger partial charge in [-0.15, -0.1) is 0 Å². The second-order valence-corrected chi connectivity index (χ2v) is 10.7. The minimum absolute atomic E-state index is 0.190. The molecule has 0 saturated carbocycles. The summed E-state index contributed by atoms with van der Waals surface area (Å²) in [6, 6.07) is 12.4. The highest BCUT2D eigenvalue weighted by Crippen LogP contribution is 2.26. The van der Waals surface area contributed by atoms with Crippen LogP contribution in [-0.4, -0.2) is 63.2 Å². The van der Waals surface area contributed by atoms with Crippen LogP contribution in [0.4, 0.5) is 5.69 Å². The molecule has 0 aromatic heterocycles. The maximum atomic E-state index is 13.7. The molecule has 0 bridgehead atoms. The molecule has 0 saturated heterocycles. The fraction of sp³-hybridized carbons (Fsp3) is 0.440. The van der Waals surface area contributed by atoms with E-state index in [0.29, 0.717) is 12.1 Å². The number of nitrogens with zero attached hydrogens (tertiary/aromatic N) is 3. The predicted molar refractivity (Wildman–Crippen MR) is 136 cm³/mol. The summed E-state index contributed by atoms with van der Waals surface area (Å²) in [5, 5.41) is 2.63. The molecular formula is C25H36N4O4S. The second-order valence-electron chi connectivity index (χ2n) is 8.64. The van der Waals surface area contributed by atoms with Crippen LogP contribution in [0.5, 0.6) is 0 Å². The van der Waals surface area contributed by atoms with Crippen molar-refractivity contribution in [1.82, 2.24) is 14.5 Å². The van der Waals surface area contributed by atoms with Crippen LogP contribution in [0.25, 0.3) is 0 Å². The number of rotatable bonds is 10. The van der Waals surface area contributed by atoms with Crippen molar-refractivity contribution in [2.75, 3.05) is 32.0 Å². The van der Waals surface area contributed by atoms with Crippen LogP contribution in [0.3, 0.4) is 0 Å². The first-order chi connectivity index (χ1) is 15.9. The summed E-state index contributed by atoms with van der Waals surface area (Å²) in [6.45, 7) is 7.22. The molecule has 186 valence electrons. The first-order valence-corrected chi connectivity index (χ1v) is 12.7. The van der Waals surface area contributed by atoms with Crippen molar-refractivity contribution in [2.45, 2.75) is 46.7 Å². The molecule has 0 aliphatic heterocycles. The lowest BCUT2D eigenvalue weighted by Crippen LogP contribution is -2.53. The summed E-state index contributed by atoms with van der Waals surface area (Å²) in [5.41, 5.74) is 3.94. The Morgan fingerprint density at radius 1 is 1.00 bits per heavy atom. The Bertz CT molecular complexity index is 1130. The predicted octanol–water partition coefficient (Wildman–Crippen LogP) is 2.78. The van der Waals surface area contributed by atoms with Crippen molar-refractivity contribution in [3.05, 3.63) is 64.7 Å². The van der Waals surface area contributed by atoms with Crippen molar-refractivity contribution in [3.63, 3.8) is 0 Å². The Balaban J connectivity index is 2.55. The molecule has 0 heterocycles. The molecule has 1 atom stereocenters. The van der Waals surface area contributed by atoms with E-state index in [9.17, 15) is 18.0 Å². The second kappa shape index (κ2) is 11.5. The SMILES string of the molecule is CC[C@H](C(=O)NC)N(Cc1cccc(C)c1)C(=O)CN(c1cc(C)ccc1C)S(=O)(=O)N(C)C. The van der Waals surface area contributed by atoms with E-state index in [1.54, 1.807) is 13.0 Å². The third kappa shape index (κ3) is 6.36. The lowest BCUT2D eigenvalue weighted by molar-refractivity contribution is -0.140. The van der Waals surface area contributed by atoms with E-state index in [4.69, 9.17) is 0 Å². The van der Waals surface area contributed by atoms with Crippen molar-refractivity contribution in [2.24, 2.45) is 0 Å². The van der Waals surface area contributed by atoms with E-state index in [2.05, 4.69) is 5.32 Å². The quantitative estimate of drug-likeness (QED) is 0.557. The number of hydrogen-bond acceptors (Lipinski definition) is 4. The van der Waals surface area contributed by atoms with E-state index in [-0.39, 0.29) is 12.5 Å². The number of hydrogen-bond donors (Lipinski definition) is 1. The highest BCUT2D eigenvalue weighted by molar-refractivity contribution is 7.90. The van der Waals surface area contributed by atoms with Crippen LogP contribution < -0.4 is 9.62 Å². The average Bonchev–Trinajstić information content (AvgIpc) is 2.78. The molecule has 1 N–H and O–H groups in total. The summed E-state index contributed by atoms with van der Waals surface area (Å²) in [6.07, 6.45) is 0.390. The molecule has 34 heavy (non-hydrogen) atoms. The number of likely N-dealkylation sites (N-methyl/N-ethyl adjacent to an activating group) is 1. The molecule has 0 aliphatic rings. The van der Waals surface area contributed by atoms with Gasteiger partial charge in [-0.25, -0.2) is 4.31 Å². The Hall–Kier alpha value is -2.91. The minimum Gasteiger partial charge on any atom is -0.357 e. The molecule has 2 aromatic rings. The molecule has 8 nitrogen and oxygen atoms in total. The first kappa shape index (κ1) is 27.3. The number of carbonyl (C=O) groups is 2. The van der Waals surface area contributed by atoms with Gasteiger partial charge in [0.05, 0.1) is 5.69 Å². The normalized spacial score (nSPS) is 12.4. The van der Waals surface area contributed by atoms with Crippen LogP contribution in [0.2, 0.25) is 0 Å². The fourth-order valence-electron chi connectivity index (χ4n) is 3.78. The largest absolute Gasteiger partial charge is 0.357 e. The highest BCUT2D eigenvalue weighted by Gasteiger charge is 2.34. The summed E-state index contributed by atoms with van der Waals surface area (Å²) in [4.78, 5) is 27.9. The van der Waals surface area contributed by atoms with Crippen LogP contribution in [0, 0.1) is 20.8 Å². The van der Waals surface area contributed by atoms with Crippen molar-refractivity contribution in [3.8, 4) is 0 Å². The Labute approximate surface area is 203 Å². The topological polar surface area (TPSA) is 90.0 Å². The van der Waals surface area contributed by atoms with Gasteiger partial charge in [0.25, 0.3) is 0 Å². The van der Waals surface area contributed by atoms with Crippen molar-refractivity contribution in [1.29, 1.82) is 0 Å². The minimum atomic E-state index is -3.98. The molecule has 0 aliphatic carbocycles. The van der Waals surface area contributed by atoms with Gasteiger partial charge >= 0.3 is 10.2 Å².